The fourth-order valence-electron chi connectivity index (χ4n) is 1.61. The van der Waals surface area contributed by atoms with E-state index in [1.807, 2.05) is 0 Å². The van der Waals surface area contributed by atoms with E-state index in [-0.39, 0.29) is 6.42 Å². The molecule has 0 saturated heterocycles. The van der Waals surface area contributed by atoms with Gasteiger partial charge in [0.25, 0.3) is 0 Å². The minimum absolute atomic E-state index is 0.274. The Morgan fingerprint density at radius 1 is 1.00 bits per heavy atom. The molecule has 2 rings (SSSR count). The van der Waals surface area contributed by atoms with E-state index in [1.165, 1.54) is 0 Å². The number of aliphatic hydroxyl groups is 1. The normalized spacial score (nSPS) is 12.4. The van der Waals surface area contributed by atoms with Gasteiger partial charge >= 0.3 is 11.9 Å². The van der Waals surface area contributed by atoms with Gasteiger partial charge in [-0.15, -0.1) is 0 Å². The molecule has 1 aromatic carbocycles. The molecule has 1 heterocycles. The number of hydrogen-bond acceptors (Lipinski definition) is 5. The highest BCUT2D eigenvalue weighted by molar-refractivity contribution is 5.74. The molecule has 0 radical (unpaired) electrons. The summed E-state index contributed by atoms with van der Waals surface area (Å²) in [5.74, 6) is -2.23. The van der Waals surface area contributed by atoms with Crippen molar-refractivity contribution >= 4 is 11.9 Å². The topological polar surface area (TPSA) is 134 Å². The lowest BCUT2D eigenvalue weighted by Crippen LogP contribution is -2.32. The molecular weight excluding hydrogens is 300 g/mol. The van der Waals surface area contributed by atoms with Gasteiger partial charge in [-0.1, -0.05) is 36.4 Å². The average molecular weight is 318 g/mol. The van der Waals surface area contributed by atoms with Gasteiger partial charge in [-0.05, 0) is 17.7 Å². The lowest BCUT2D eigenvalue weighted by Gasteiger charge is -2.03. The van der Waals surface area contributed by atoms with E-state index in [1.54, 1.807) is 54.7 Å². The molecule has 0 amide bonds. The van der Waals surface area contributed by atoms with Gasteiger partial charge in [0.2, 0.25) is 0 Å². The molecule has 1 aromatic heterocycles. The van der Waals surface area contributed by atoms with Crippen molar-refractivity contribution in [1.29, 1.82) is 0 Å². The molecular formula is C16H18N2O5. The largest absolute Gasteiger partial charge is 0.480 e. The first-order valence-corrected chi connectivity index (χ1v) is 6.76. The Bertz CT molecular complexity index is 619. The maximum absolute atomic E-state index is 10.4. The summed E-state index contributed by atoms with van der Waals surface area (Å²) in [5.41, 5.74) is 6.41. The third kappa shape index (κ3) is 6.68. The molecule has 122 valence electrons. The number of carboxylic acid groups (broad SMARTS) is 2. The highest BCUT2D eigenvalue weighted by Crippen LogP contribution is 2.10. The summed E-state index contributed by atoms with van der Waals surface area (Å²) < 4.78 is 0. The fourth-order valence-corrected chi connectivity index (χ4v) is 1.61. The van der Waals surface area contributed by atoms with Gasteiger partial charge < -0.3 is 21.1 Å². The lowest BCUT2D eigenvalue weighted by molar-refractivity contribution is -0.147. The van der Waals surface area contributed by atoms with Crippen molar-refractivity contribution in [3.63, 3.8) is 0 Å². The van der Waals surface area contributed by atoms with Gasteiger partial charge in [-0.3, -0.25) is 9.78 Å². The number of aromatic nitrogens is 1. The molecule has 7 nitrogen and oxygen atoms in total. The molecule has 7 heteroatoms. The molecule has 5 N–H and O–H groups in total. The van der Waals surface area contributed by atoms with Crippen molar-refractivity contribution in [2.24, 2.45) is 5.73 Å². The first kappa shape index (κ1) is 18.3. The zero-order valence-electron chi connectivity index (χ0n) is 12.2. The van der Waals surface area contributed by atoms with E-state index in [0.29, 0.717) is 11.3 Å². The van der Waals surface area contributed by atoms with Crippen LogP contribution in [0.4, 0.5) is 0 Å². The summed E-state index contributed by atoms with van der Waals surface area (Å²) >= 11 is 0. The second-order valence-electron chi connectivity index (χ2n) is 4.62. The standard InChI is InChI=1S/C8H10N2O2.C8H8O3/c9-7(8(11)12)5-6-3-1-2-4-10-6;9-7(8(10)11)6-4-2-1-3-5-6/h1-4,7H,5,9H2,(H,11,12);1-5,7,9H,(H,10,11)/t7-;/m0./s1. The van der Waals surface area contributed by atoms with Crippen LogP contribution in [0.3, 0.4) is 0 Å². The van der Waals surface area contributed by atoms with Crippen LogP contribution in [-0.2, 0) is 16.0 Å². The van der Waals surface area contributed by atoms with Crippen LogP contribution in [0.5, 0.6) is 0 Å². The quantitative estimate of drug-likeness (QED) is 0.641. The monoisotopic (exact) mass is 318 g/mol. The second-order valence-corrected chi connectivity index (χ2v) is 4.62. The van der Waals surface area contributed by atoms with Crippen molar-refractivity contribution in [1.82, 2.24) is 4.98 Å². The van der Waals surface area contributed by atoms with Crippen molar-refractivity contribution in [3.05, 3.63) is 66.0 Å². The Morgan fingerprint density at radius 3 is 2.09 bits per heavy atom. The molecule has 0 fully saturated rings. The lowest BCUT2D eigenvalue weighted by atomic mass is 10.1. The maximum Gasteiger partial charge on any atom is 0.337 e. The molecule has 23 heavy (non-hydrogen) atoms. The average Bonchev–Trinajstić information content (AvgIpc) is 2.56. The van der Waals surface area contributed by atoms with Crippen molar-refractivity contribution in [3.8, 4) is 0 Å². The number of aliphatic carboxylic acids is 2. The van der Waals surface area contributed by atoms with Gasteiger partial charge in [0.15, 0.2) is 6.10 Å². The zero-order valence-corrected chi connectivity index (χ0v) is 12.2. The number of nitrogens with zero attached hydrogens (tertiary/aromatic N) is 1. The van der Waals surface area contributed by atoms with Crippen molar-refractivity contribution < 1.29 is 24.9 Å². The molecule has 0 spiro atoms. The minimum atomic E-state index is -1.41. The van der Waals surface area contributed by atoms with E-state index < -0.39 is 24.1 Å². The number of carbonyl (C=O) groups is 2. The SMILES string of the molecule is N[C@@H](Cc1ccccn1)C(=O)O.O=C(O)C(O)c1ccccc1. The second kappa shape index (κ2) is 9.29. The highest BCUT2D eigenvalue weighted by atomic mass is 16.4. The highest BCUT2D eigenvalue weighted by Gasteiger charge is 2.14. The molecule has 1 unspecified atom stereocenters. The third-order valence-electron chi connectivity index (χ3n) is 2.82. The zero-order chi connectivity index (χ0) is 17.2. The van der Waals surface area contributed by atoms with Crippen molar-refractivity contribution in [2.45, 2.75) is 18.6 Å². The number of carboxylic acids is 2. The van der Waals surface area contributed by atoms with E-state index >= 15 is 0 Å². The Hall–Kier alpha value is -2.77. The van der Waals surface area contributed by atoms with Crippen LogP contribution < -0.4 is 5.73 Å². The summed E-state index contributed by atoms with van der Waals surface area (Å²) in [6.45, 7) is 0. The van der Waals surface area contributed by atoms with Gasteiger partial charge in [0.05, 0.1) is 0 Å². The van der Waals surface area contributed by atoms with E-state index in [0.717, 1.165) is 0 Å². The number of nitrogens with two attached hydrogens (primary N) is 1. The van der Waals surface area contributed by atoms with Crippen LogP contribution in [0.1, 0.15) is 17.4 Å². The van der Waals surface area contributed by atoms with Crippen LogP contribution in [0.25, 0.3) is 0 Å². The van der Waals surface area contributed by atoms with Crippen molar-refractivity contribution in [2.75, 3.05) is 0 Å². The van der Waals surface area contributed by atoms with E-state index in [4.69, 9.17) is 21.1 Å². The van der Waals surface area contributed by atoms with Crippen LogP contribution in [-0.4, -0.2) is 38.3 Å². The summed E-state index contributed by atoms with van der Waals surface area (Å²) in [7, 11) is 0. The molecule has 2 atom stereocenters. The summed E-state index contributed by atoms with van der Waals surface area (Å²) in [6.07, 6.45) is 0.483. The summed E-state index contributed by atoms with van der Waals surface area (Å²) in [6, 6.07) is 12.7. The van der Waals surface area contributed by atoms with Crippen LogP contribution >= 0.6 is 0 Å². The Balaban J connectivity index is 0.000000231. The van der Waals surface area contributed by atoms with Gasteiger partial charge in [0, 0.05) is 18.3 Å². The minimum Gasteiger partial charge on any atom is -0.480 e. The summed E-state index contributed by atoms with van der Waals surface area (Å²) in [5, 5.41) is 25.9. The maximum atomic E-state index is 10.4. The van der Waals surface area contributed by atoms with Gasteiger partial charge in [0.1, 0.15) is 6.04 Å². The molecule has 2 aromatic rings. The number of hydrogen-bond donors (Lipinski definition) is 4. The third-order valence-corrected chi connectivity index (χ3v) is 2.82. The molecule has 0 aliphatic rings. The predicted octanol–water partition coefficient (Wildman–Crippen LogP) is 0.841. The van der Waals surface area contributed by atoms with E-state index in [2.05, 4.69) is 4.98 Å². The molecule has 0 aliphatic carbocycles. The molecule has 0 bridgehead atoms. The van der Waals surface area contributed by atoms with Crippen LogP contribution in [0.2, 0.25) is 0 Å². The van der Waals surface area contributed by atoms with Gasteiger partial charge in [-0.25, -0.2) is 4.79 Å². The number of benzene rings is 1. The Labute approximate surface area is 133 Å². The smallest absolute Gasteiger partial charge is 0.337 e. The van der Waals surface area contributed by atoms with Gasteiger partial charge in [-0.2, -0.15) is 0 Å². The first-order valence-electron chi connectivity index (χ1n) is 6.76. The molecule has 0 aliphatic heterocycles. The summed E-state index contributed by atoms with van der Waals surface area (Å²) in [4.78, 5) is 24.6. The Morgan fingerprint density at radius 2 is 1.61 bits per heavy atom. The first-order chi connectivity index (χ1) is 10.9. The predicted molar refractivity (Wildman–Crippen MR) is 82.6 cm³/mol. The van der Waals surface area contributed by atoms with E-state index in [9.17, 15) is 9.59 Å². The van der Waals surface area contributed by atoms with Crippen LogP contribution in [0.15, 0.2) is 54.7 Å². The number of aliphatic hydroxyl groups excluding tert-OH is 1. The molecule has 0 saturated carbocycles. The van der Waals surface area contributed by atoms with Crippen LogP contribution in [0, 0.1) is 0 Å². The number of rotatable bonds is 5. The number of pyridine rings is 1. The fraction of sp³-hybridized carbons (Fsp3) is 0.188. The Kier molecular flexibility index (Phi) is 7.38.